The van der Waals surface area contributed by atoms with Crippen molar-refractivity contribution in [2.24, 2.45) is 5.92 Å². The Hall–Kier alpha value is -2.65. The van der Waals surface area contributed by atoms with E-state index in [9.17, 15) is 19.5 Å². The number of rotatable bonds is 9. The van der Waals surface area contributed by atoms with Crippen molar-refractivity contribution in [2.75, 3.05) is 24.7 Å². The Bertz CT molecular complexity index is 1080. The highest BCUT2D eigenvalue weighted by Gasteiger charge is 2.28. The van der Waals surface area contributed by atoms with Crippen molar-refractivity contribution < 1.29 is 29.3 Å². The Morgan fingerprint density at radius 2 is 2.06 bits per heavy atom. The van der Waals surface area contributed by atoms with Crippen molar-refractivity contribution in [3.8, 4) is 22.8 Å². The van der Waals surface area contributed by atoms with Crippen molar-refractivity contribution in [2.45, 2.75) is 26.3 Å². The van der Waals surface area contributed by atoms with Crippen molar-refractivity contribution in [3.05, 3.63) is 45.2 Å². The zero-order chi connectivity index (χ0) is 23.4. The van der Waals surface area contributed by atoms with Crippen LogP contribution in [0.1, 0.15) is 36.7 Å². The molecule has 0 saturated heterocycles. The Morgan fingerprint density at radius 1 is 1.31 bits per heavy atom. The quantitative estimate of drug-likeness (QED) is 0.515. The Labute approximate surface area is 194 Å². The van der Waals surface area contributed by atoms with Crippen molar-refractivity contribution in [1.29, 1.82) is 0 Å². The molecule has 1 aromatic heterocycles. The van der Waals surface area contributed by atoms with E-state index < -0.39 is 17.4 Å². The first-order valence-electron chi connectivity index (χ1n) is 10.1. The second kappa shape index (κ2) is 10.3. The molecule has 1 aliphatic heterocycles. The molecule has 172 valence electrons. The average molecular weight is 482 g/mol. The molecule has 1 atom stereocenters. The highest BCUT2D eigenvalue weighted by molar-refractivity contribution is 7.99. The van der Waals surface area contributed by atoms with E-state index in [0.29, 0.717) is 46.6 Å². The number of ether oxygens (including phenoxy) is 2. The van der Waals surface area contributed by atoms with Crippen LogP contribution in [0.4, 0.5) is 0 Å². The van der Waals surface area contributed by atoms with Gasteiger partial charge in [-0.3, -0.25) is 9.59 Å². The fourth-order valence-corrected chi connectivity index (χ4v) is 4.30. The van der Waals surface area contributed by atoms with Gasteiger partial charge in [-0.15, -0.1) is 0 Å². The molecule has 0 spiro atoms. The number of fused-ring (bicyclic) bond motifs is 3. The topological polar surface area (TPSA) is 115 Å². The summed E-state index contributed by atoms with van der Waals surface area (Å²) in [4.78, 5) is 34.5. The molecule has 0 aliphatic carbocycles. The predicted molar refractivity (Wildman–Crippen MR) is 123 cm³/mol. The summed E-state index contributed by atoms with van der Waals surface area (Å²) in [5, 5.41) is 18.4. The zero-order valence-electron chi connectivity index (χ0n) is 17.7. The summed E-state index contributed by atoms with van der Waals surface area (Å²) < 4.78 is 13.6. The largest absolute Gasteiger partial charge is 0.492 e. The second-order valence-electron chi connectivity index (χ2n) is 7.70. The van der Waals surface area contributed by atoms with E-state index in [1.54, 1.807) is 16.7 Å². The Balaban J connectivity index is 1.91. The molecule has 0 radical (unpaired) electrons. The number of aromatic carboxylic acids is 1. The third kappa shape index (κ3) is 5.39. The Kier molecular flexibility index (Phi) is 7.73. The first-order valence-corrected chi connectivity index (χ1v) is 11.6. The van der Waals surface area contributed by atoms with Crippen molar-refractivity contribution in [1.82, 2.24) is 4.57 Å². The van der Waals surface area contributed by atoms with Crippen LogP contribution in [0.25, 0.3) is 11.3 Å². The van der Waals surface area contributed by atoms with Gasteiger partial charge in [0.1, 0.15) is 23.7 Å². The summed E-state index contributed by atoms with van der Waals surface area (Å²) in [5.74, 6) is -0.410. The SMILES string of the molecule is CC(C)C1COc2cc(OCCCSCC(=O)O)c(Cl)cc2-c2cc(=O)c(C(=O)O)cn21. The van der Waals surface area contributed by atoms with Gasteiger partial charge >= 0.3 is 11.9 Å². The van der Waals surface area contributed by atoms with Crippen LogP contribution in [0.2, 0.25) is 5.02 Å². The van der Waals surface area contributed by atoms with Crippen LogP contribution in [0.15, 0.2) is 29.2 Å². The molecule has 0 saturated carbocycles. The zero-order valence-corrected chi connectivity index (χ0v) is 19.2. The molecular weight excluding hydrogens is 458 g/mol. The van der Waals surface area contributed by atoms with Gasteiger partial charge in [0.15, 0.2) is 5.43 Å². The molecule has 3 rings (SSSR count). The maximum atomic E-state index is 12.4. The van der Waals surface area contributed by atoms with Crippen LogP contribution < -0.4 is 14.9 Å². The van der Waals surface area contributed by atoms with Crippen LogP contribution in [0.3, 0.4) is 0 Å². The number of carboxylic acid groups (broad SMARTS) is 2. The van der Waals surface area contributed by atoms with E-state index in [4.69, 9.17) is 26.2 Å². The number of carbonyl (C=O) groups is 2. The molecule has 0 fully saturated rings. The third-order valence-electron chi connectivity index (χ3n) is 5.07. The summed E-state index contributed by atoms with van der Waals surface area (Å²) in [6, 6.07) is 4.44. The maximum absolute atomic E-state index is 12.4. The summed E-state index contributed by atoms with van der Waals surface area (Å²) in [5.41, 5.74) is 0.227. The number of hydrogen-bond acceptors (Lipinski definition) is 6. The minimum absolute atomic E-state index is 0.0484. The summed E-state index contributed by atoms with van der Waals surface area (Å²) in [6.45, 7) is 4.64. The number of aromatic nitrogens is 1. The van der Waals surface area contributed by atoms with E-state index in [-0.39, 0.29) is 29.9 Å². The van der Waals surface area contributed by atoms with Gasteiger partial charge in [0.2, 0.25) is 0 Å². The lowest BCUT2D eigenvalue weighted by Gasteiger charge is -2.24. The summed E-state index contributed by atoms with van der Waals surface area (Å²) in [6.07, 6.45) is 2.02. The minimum Gasteiger partial charge on any atom is -0.492 e. The van der Waals surface area contributed by atoms with E-state index in [1.165, 1.54) is 24.0 Å². The predicted octanol–water partition coefficient (Wildman–Crippen LogP) is 4.04. The highest BCUT2D eigenvalue weighted by Crippen LogP contribution is 2.42. The van der Waals surface area contributed by atoms with Crippen LogP contribution in [-0.2, 0) is 4.79 Å². The van der Waals surface area contributed by atoms with Gasteiger partial charge in [0, 0.05) is 23.9 Å². The van der Waals surface area contributed by atoms with E-state index in [1.807, 2.05) is 13.8 Å². The fourth-order valence-electron chi connectivity index (χ4n) is 3.44. The lowest BCUT2D eigenvalue weighted by Crippen LogP contribution is -2.25. The third-order valence-corrected chi connectivity index (χ3v) is 6.40. The molecule has 2 heterocycles. The van der Waals surface area contributed by atoms with Gasteiger partial charge in [-0.1, -0.05) is 25.4 Å². The number of thioether (sulfide) groups is 1. The van der Waals surface area contributed by atoms with Gasteiger partial charge in [0.25, 0.3) is 0 Å². The van der Waals surface area contributed by atoms with Gasteiger partial charge in [-0.25, -0.2) is 4.79 Å². The first kappa shape index (κ1) is 24.0. The average Bonchev–Trinajstić information content (AvgIpc) is 2.86. The monoisotopic (exact) mass is 481 g/mol. The van der Waals surface area contributed by atoms with E-state index in [0.717, 1.165) is 0 Å². The summed E-state index contributed by atoms with van der Waals surface area (Å²) in [7, 11) is 0. The molecule has 10 heteroatoms. The lowest BCUT2D eigenvalue weighted by atomic mass is 10.0. The number of benzene rings is 1. The molecule has 0 amide bonds. The highest BCUT2D eigenvalue weighted by atomic mass is 35.5. The molecule has 2 N–H and O–H groups in total. The summed E-state index contributed by atoms with van der Waals surface area (Å²) >= 11 is 7.75. The number of hydrogen-bond donors (Lipinski definition) is 2. The molecular formula is C22H24ClNO7S. The first-order chi connectivity index (χ1) is 15.2. The second-order valence-corrected chi connectivity index (χ2v) is 9.21. The van der Waals surface area contributed by atoms with Crippen molar-refractivity contribution in [3.63, 3.8) is 0 Å². The normalized spacial score (nSPS) is 14.8. The minimum atomic E-state index is -1.28. The number of halogens is 1. The Morgan fingerprint density at radius 3 is 2.72 bits per heavy atom. The van der Waals surface area contributed by atoms with Crippen LogP contribution in [-0.4, -0.2) is 51.4 Å². The smallest absolute Gasteiger partial charge is 0.341 e. The number of carboxylic acids is 2. The molecule has 1 aromatic carbocycles. The van der Waals surface area contributed by atoms with Gasteiger partial charge in [-0.2, -0.15) is 11.8 Å². The fraction of sp³-hybridized carbons (Fsp3) is 0.409. The standard InChI is InChI=1S/C22H24ClNO7S/c1-12(2)17-10-31-19-8-20(30-4-3-5-32-11-21(26)27)15(23)6-13(19)16-7-18(25)14(22(28)29)9-24(16)17/h6-9,12,17H,3-5,10-11H2,1-2H3,(H,26,27)(H,28,29). The molecule has 1 unspecified atom stereocenters. The molecule has 2 aromatic rings. The van der Waals surface area contributed by atoms with Crippen LogP contribution in [0.5, 0.6) is 11.5 Å². The lowest BCUT2D eigenvalue weighted by molar-refractivity contribution is -0.133. The molecule has 1 aliphatic rings. The maximum Gasteiger partial charge on any atom is 0.341 e. The van der Waals surface area contributed by atoms with E-state index in [2.05, 4.69) is 0 Å². The van der Waals surface area contributed by atoms with Crippen LogP contribution in [0, 0.1) is 5.92 Å². The number of pyridine rings is 1. The number of nitrogens with zero attached hydrogens (tertiary/aromatic N) is 1. The van der Waals surface area contributed by atoms with Gasteiger partial charge < -0.3 is 24.3 Å². The number of aliphatic carboxylic acids is 1. The molecule has 8 nitrogen and oxygen atoms in total. The molecule has 32 heavy (non-hydrogen) atoms. The molecule has 0 bridgehead atoms. The van der Waals surface area contributed by atoms with Crippen molar-refractivity contribution >= 4 is 35.3 Å². The van der Waals surface area contributed by atoms with Crippen LogP contribution >= 0.6 is 23.4 Å². The van der Waals surface area contributed by atoms with Gasteiger partial charge in [0.05, 0.1) is 29.1 Å². The van der Waals surface area contributed by atoms with Gasteiger partial charge in [-0.05, 0) is 24.2 Å². The van der Waals surface area contributed by atoms with E-state index >= 15 is 0 Å².